The molecule has 0 N–H and O–H groups in total. The van der Waals surface area contributed by atoms with Gasteiger partial charge in [0.15, 0.2) is 0 Å². The number of hydrogen-bond acceptors (Lipinski definition) is 3. The molecule has 2 rings (SSSR count). The van der Waals surface area contributed by atoms with Crippen LogP contribution in [-0.4, -0.2) is 27.7 Å². The lowest BCUT2D eigenvalue weighted by molar-refractivity contribution is 0.253. The Bertz CT molecular complexity index is 408. The molecule has 1 aliphatic rings. The van der Waals surface area contributed by atoms with Gasteiger partial charge >= 0.3 is 0 Å². The highest BCUT2D eigenvalue weighted by atomic mass is 32.2. The molecule has 0 unspecified atom stereocenters. The Morgan fingerprint density at radius 1 is 1.35 bits per heavy atom. The van der Waals surface area contributed by atoms with Crippen LogP contribution < -0.4 is 0 Å². The predicted octanol–water partition coefficient (Wildman–Crippen LogP) is 4.91. The maximum atomic E-state index is 4.66. The SMILES string of the molecule is CCCCN1CCC[C@H]1c1ccc(SC(C)(C)C)nc1. The van der Waals surface area contributed by atoms with Crippen LogP contribution in [0.4, 0.5) is 0 Å². The van der Waals surface area contributed by atoms with E-state index in [9.17, 15) is 0 Å². The van der Waals surface area contributed by atoms with E-state index in [1.165, 1.54) is 44.3 Å². The molecule has 3 heteroatoms. The monoisotopic (exact) mass is 292 g/mol. The van der Waals surface area contributed by atoms with E-state index in [1.807, 2.05) is 11.8 Å². The average molecular weight is 292 g/mol. The minimum absolute atomic E-state index is 0.231. The third kappa shape index (κ3) is 4.49. The number of aromatic nitrogens is 1. The third-order valence-electron chi connectivity index (χ3n) is 3.72. The molecule has 0 aromatic carbocycles. The van der Waals surface area contributed by atoms with Crippen LogP contribution >= 0.6 is 11.8 Å². The average Bonchev–Trinajstić information content (AvgIpc) is 2.83. The molecule has 0 spiro atoms. The first-order valence-corrected chi connectivity index (χ1v) is 8.70. The first kappa shape index (κ1) is 15.8. The van der Waals surface area contributed by atoms with E-state index in [0.29, 0.717) is 6.04 Å². The van der Waals surface area contributed by atoms with Crippen LogP contribution in [0.25, 0.3) is 0 Å². The van der Waals surface area contributed by atoms with Gasteiger partial charge in [0, 0.05) is 17.0 Å². The van der Waals surface area contributed by atoms with Crippen molar-refractivity contribution in [2.75, 3.05) is 13.1 Å². The van der Waals surface area contributed by atoms with Gasteiger partial charge in [-0.1, -0.05) is 40.2 Å². The Labute approximate surface area is 128 Å². The van der Waals surface area contributed by atoms with Crippen LogP contribution in [-0.2, 0) is 0 Å². The molecule has 2 nitrogen and oxygen atoms in total. The topological polar surface area (TPSA) is 16.1 Å². The molecule has 1 fully saturated rings. The molecular formula is C17H28N2S. The van der Waals surface area contributed by atoms with Crippen LogP contribution in [0, 0.1) is 0 Å². The molecule has 1 aliphatic heterocycles. The van der Waals surface area contributed by atoms with Gasteiger partial charge in [0.05, 0.1) is 5.03 Å². The molecule has 0 saturated carbocycles. The first-order chi connectivity index (χ1) is 9.49. The number of nitrogens with zero attached hydrogens (tertiary/aromatic N) is 2. The second-order valence-corrected chi connectivity index (χ2v) is 8.54. The maximum Gasteiger partial charge on any atom is 0.0965 e. The van der Waals surface area contributed by atoms with Gasteiger partial charge in [-0.3, -0.25) is 4.90 Å². The predicted molar refractivity (Wildman–Crippen MR) is 88.3 cm³/mol. The van der Waals surface area contributed by atoms with Gasteiger partial charge < -0.3 is 0 Å². The molecule has 0 radical (unpaired) electrons. The summed E-state index contributed by atoms with van der Waals surface area (Å²) in [6.07, 6.45) is 7.30. The minimum Gasteiger partial charge on any atom is -0.296 e. The Balaban J connectivity index is 2.01. The van der Waals surface area contributed by atoms with Crippen LogP contribution in [0.5, 0.6) is 0 Å². The van der Waals surface area contributed by atoms with E-state index in [-0.39, 0.29) is 4.75 Å². The zero-order valence-corrected chi connectivity index (χ0v) is 14.2. The lowest BCUT2D eigenvalue weighted by Gasteiger charge is -2.24. The van der Waals surface area contributed by atoms with Crippen molar-refractivity contribution in [3.8, 4) is 0 Å². The van der Waals surface area contributed by atoms with Crippen LogP contribution in [0.3, 0.4) is 0 Å². The lowest BCUT2D eigenvalue weighted by Crippen LogP contribution is -2.24. The van der Waals surface area contributed by atoms with Crippen LogP contribution in [0.2, 0.25) is 0 Å². The molecule has 1 saturated heterocycles. The summed E-state index contributed by atoms with van der Waals surface area (Å²) in [7, 11) is 0. The summed E-state index contributed by atoms with van der Waals surface area (Å²) in [5, 5.41) is 1.14. The molecule has 1 aromatic rings. The normalized spacial score (nSPS) is 20.5. The van der Waals surface area contributed by atoms with E-state index in [1.54, 1.807) is 0 Å². The van der Waals surface area contributed by atoms with E-state index in [0.717, 1.165) is 5.03 Å². The first-order valence-electron chi connectivity index (χ1n) is 7.88. The van der Waals surface area contributed by atoms with Crippen molar-refractivity contribution in [1.82, 2.24) is 9.88 Å². The summed E-state index contributed by atoms with van der Waals surface area (Å²) >= 11 is 1.84. The van der Waals surface area contributed by atoms with Crippen molar-refractivity contribution in [1.29, 1.82) is 0 Å². The van der Waals surface area contributed by atoms with Crippen molar-refractivity contribution >= 4 is 11.8 Å². The third-order valence-corrected chi connectivity index (χ3v) is 4.78. The van der Waals surface area contributed by atoms with Gasteiger partial charge in [0.1, 0.15) is 0 Å². The molecule has 20 heavy (non-hydrogen) atoms. The van der Waals surface area contributed by atoms with Crippen molar-refractivity contribution in [3.05, 3.63) is 23.9 Å². The second kappa shape index (κ2) is 6.95. The Morgan fingerprint density at radius 3 is 2.75 bits per heavy atom. The largest absolute Gasteiger partial charge is 0.296 e. The van der Waals surface area contributed by atoms with E-state index in [4.69, 9.17) is 0 Å². The summed E-state index contributed by atoms with van der Waals surface area (Å²) in [6.45, 7) is 11.5. The van der Waals surface area contributed by atoms with Crippen molar-refractivity contribution < 1.29 is 0 Å². The fourth-order valence-corrected chi connectivity index (χ4v) is 3.66. The Morgan fingerprint density at radius 2 is 2.15 bits per heavy atom. The van der Waals surface area contributed by atoms with Gasteiger partial charge in [-0.2, -0.15) is 0 Å². The highest BCUT2D eigenvalue weighted by molar-refractivity contribution is 8.00. The molecule has 2 heterocycles. The molecule has 0 aliphatic carbocycles. The lowest BCUT2D eigenvalue weighted by atomic mass is 10.1. The smallest absolute Gasteiger partial charge is 0.0965 e. The Kier molecular flexibility index (Phi) is 5.50. The summed E-state index contributed by atoms with van der Waals surface area (Å²) in [4.78, 5) is 7.30. The van der Waals surface area contributed by atoms with Gasteiger partial charge in [0.25, 0.3) is 0 Å². The van der Waals surface area contributed by atoms with E-state index in [2.05, 4.69) is 55.9 Å². The number of likely N-dealkylation sites (tertiary alicyclic amines) is 1. The number of unbranched alkanes of at least 4 members (excludes halogenated alkanes) is 1. The quantitative estimate of drug-likeness (QED) is 0.717. The van der Waals surface area contributed by atoms with Crippen molar-refractivity contribution in [2.45, 2.75) is 69.2 Å². The minimum atomic E-state index is 0.231. The summed E-state index contributed by atoms with van der Waals surface area (Å²) in [5.74, 6) is 0. The van der Waals surface area contributed by atoms with Crippen LogP contribution in [0.1, 0.15) is 65.0 Å². The van der Waals surface area contributed by atoms with E-state index >= 15 is 0 Å². The number of hydrogen-bond donors (Lipinski definition) is 0. The van der Waals surface area contributed by atoms with Crippen molar-refractivity contribution in [2.24, 2.45) is 0 Å². The molecule has 1 atom stereocenters. The number of rotatable bonds is 5. The molecule has 112 valence electrons. The number of thioether (sulfide) groups is 1. The number of pyridine rings is 1. The van der Waals surface area contributed by atoms with Gasteiger partial charge in [-0.25, -0.2) is 4.98 Å². The zero-order chi connectivity index (χ0) is 14.6. The zero-order valence-electron chi connectivity index (χ0n) is 13.4. The maximum absolute atomic E-state index is 4.66. The fourth-order valence-electron chi connectivity index (χ4n) is 2.80. The summed E-state index contributed by atoms with van der Waals surface area (Å²) in [5.41, 5.74) is 1.40. The van der Waals surface area contributed by atoms with Gasteiger partial charge in [0.2, 0.25) is 0 Å². The van der Waals surface area contributed by atoms with Crippen molar-refractivity contribution in [3.63, 3.8) is 0 Å². The molecule has 0 amide bonds. The highest BCUT2D eigenvalue weighted by Crippen LogP contribution is 2.34. The van der Waals surface area contributed by atoms with Gasteiger partial charge in [-0.15, -0.1) is 11.8 Å². The highest BCUT2D eigenvalue weighted by Gasteiger charge is 2.25. The Hall–Kier alpha value is -0.540. The van der Waals surface area contributed by atoms with E-state index < -0.39 is 0 Å². The fraction of sp³-hybridized carbons (Fsp3) is 0.706. The molecule has 1 aromatic heterocycles. The second-order valence-electron chi connectivity index (χ2n) is 6.69. The molecular weight excluding hydrogens is 264 g/mol. The van der Waals surface area contributed by atoms with Gasteiger partial charge in [-0.05, 0) is 44.0 Å². The molecule has 0 bridgehead atoms. The summed E-state index contributed by atoms with van der Waals surface area (Å²) < 4.78 is 0.231. The van der Waals surface area contributed by atoms with Crippen LogP contribution in [0.15, 0.2) is 23.4 Å². The standard InChI is InChI=1S/C17H28N2S/c1-5-6-11-19-12-7-8-15(19)14-9-10-16(18-13-14)20-17(2,3)4/h9-10,13,15H,5-8,11-12H2,1-4H3/t15-/m0/s1. The summed E-state index contributed by atoms with van der Waals surface area (Å²) in [6, 6.07) is 5.08.